The number of fused-ring (bicyclic) bond motifs is 1. The number of hydrogen-bond donors (Lipinski definition) is 1. The lowest BCUT2D eigenvalue weighted by molar-refractivity contribution is -0.130. The lowest BCUT2D eigenvalue weighted by Crippen LogP contribution is -2.46. The van der Waals surface area contributed by atoms with Crippen molar-refractivity contribution in [1.29, 1.82) is 0 Å². The normalized spacial score (nSPS) is 13.9. The largest absolute Gasteiger partial charge is 0.347 e. The fourth-order valence-corrected chi connectivity index (χ4v) is 3.34. The molecule has 0 fully saturated rings. The van der Waals surface area contributed by atoms with Crippen LogP contribution in [-0.4, -0.2) is 48.9 Å². The minimum atomic E-state index is -0.260. The summed E-state index contributed by atoms with van der Waals surface area (Å²) in [6.07, 6.45) is 0.885. The molecule has 142 valence electrons. The Labute approximate surface area is 159 Å². The van der Waals surface area contributed by atoms with Gasteiger partial charge in [-0.25, -0.2) is 4.39 Å². The second kappa shape index (κ2) is 8.66. The summed E-state index contributed by atoms with van der Waals surface area (Å²) >= 11 is 0. The lowest BCUT2D eigenvalue weighted by Gasteiger charge is -2.29. The SMILES string of the molecule is CN=C(NCC(=O)N1CCc2ccccc2C1)N(C)Cc1cccc(F)c1. The first-order valence-corrected chi connectivity index (χ1v) is 9.07. The average Bonchev–Trinajstić information content (AvgIpc) is 2.68. The molecule has 1 amide bonds. The Morgan fingerprint density at radius 1 is 1.22 bits per heavy atom. The van der Waals surface area contributed by atoms with Crippen molar-refractivity contribution in [2.24, 2.45) is 4.99 Å². The topological polar surface area (TPSA) is 47.9 Å². The predicted octanol–water partition coefficient (Wildman–Crippen LogP) is 2.42. The van der Waals surface area contributed by atoms with Crippen LogP contribution in [0.5, 0.6) is 0 Å². The zero-order chi connectivity index (χ0) is 19.2. The van der Waals surface area contributed by atoms with Gasteiger partial charge in [-0.3, -0.25) is 9.79 Å². The quantitative estimate of drug-likeness (QED) is 0.666. The van der Waals surface area contributed by atoms with Gasteiger partial charge in [-0.2, -0.15) is 0 Å². The highest BCUT2D eigenvalue weighted by molar-refractivity contribution is 5.86. The van der Waals surface area contributed by atoms with Crippen molar-refractivity contribution < 1.29 is 9.18 Å². The molecule has 2 aromatic carbocycles. The molecule has 27 heavy (non-hydrogen) atoms. The van der Waals surface area contributed by atoms with Crippen molar-refractivity contribution in [1.82, 2.24) is 15.1 Å². The van der Waals surface area contributed by atoms with Crippen molar-refractivity contribution in [3.05, 3.63) is 71.0 Å². The average molecular weight is 368 g/mol. The molecule has 5 nitrogen and oxygen atoms in total. The van der Waals surface area contributed by atoms with E-state index < -0.39 is 0 Å². The number of nitrogens with one attached hydrogen (secondary N) is 1. The Balaban J connectivity index is 1.54. The fraction of sp³-hybridized carbons (Fsp3) is 0.333. The number of rotatable bonds is 4. The molecule has 2 aromatic rings. The Morgan fingerprint density at radius 3 is 2.74 bits per heavy atom. The van der Waals surface area contributed by atoms with Gasteiger partial charge >= 0.3 is 0 Å². The highest BCUT2D eigenvalue weighted by Gasteiger charge is 2.20. The molecule has 0 spiro atoms. The number of aliphatic imine (C=N–C) groups is 1. The third-order valence-corrected chi connectivity index (χ3v) is 4.76. The molecule has 0 unspecified atom stereocenters. The van der Waals surface area contributed by atoms with E-state index in [4.69, 9.17) is 0 Å². The Kier molecular flexibility index (Phi) is 6.06. The van der Waals surface area contributed by atoms with E-state index in [-0.39, 0.29) is 18.3 Å². The molecular weight excluding hydrogens is 343 g/mol. The molecule has 6 heteroatoms. The predicted molar refractivity (Wildman–Crippen MR) is 105 cm³/mol. The minimum Gasteiger partial charge on any atom is -0.347 e. The number of amides is 1. The van der Waals surface area contributed by atoms with Gasteiger partial charge in [0.15, 0.2) is 5.96 Å². The van der Waals surface area contributed by atoms with Gasteiger partial charge in [0.25, 0.3) is 0 Å². The standard InChI is InChI=1S/C21H25FN4O/c1-23-21(25(2)14-16-6-5-9-19(22)12-16)24-13-20(27)26-11-10-17-7-3-4-8-18(17)15-26/h3-9,12H,10-11,13-15H2,1-2H3,(H,23,24). The highest BCUT2D eigenvalue weighted by Crippen LogP contribution is 2.18. The van der Waals surface area contributed by atoms with E-state index in [1.54, 1.807) is 13.1 Å². The number of hydrogen-bond acceptors (Lipinski definition) is 2. The van der Waals surface area contributed by atoms with Gasteiger partial charge in [0.2, 0.25) is 5.91 Å². The van der Waals surface area contributed by atoms with Gasteiger partial charge in [-0.15, -0.1) is 0 Å². The maximum absolute atomic E-state index is 13.4. The van der Waals surface area contributed by atoms with E-state index in [1.807, 2.05) is 35.0 Å². The minimum absolute atomic E-state index is 0.0461. The first-order valence-electron chi connectivity index (χ1n) is 9.07. The molecular formula is C21H25FN4O. The van der Waals surface area contributed by atoms with Crippen LogP contribution in [0.1, 0.15) is 16.7 Å². The number of carbonyl (C=O) groups excluding carboxylic acids is 1. The molecule has 0 saturated carbocycles. The van der Waals surface area contributed by atoms with Crippen LogP contribution in [0.15, 0.2) is 53.5 Å². The van der Waals surface area contributed by atoms with Crippen LogP contribution >= 0.6 is 0 Å². The number of nitrogens with zero attached hydrogens (tertiary/aromatic N) is 3. The molecule has 0 atom stereocenters. The Hall–Kier alpha value is -2.89. The lowest BCUT2D eigenvalue weighted by atomic mass is 10.00. The van der Waals surface area contributed by atoms with Crippen LogP contribution in [0, 0.1) is 5.82 Å². The van der Waals surface area contributed by atoms with Crippen LogP contribution in [0.3, 0.4) is 0 Å². The first-order chi connectivity index (χ1) is 13.1. The fourth-order valence-electron chi connectivity index (χ4n) is 3.34. The summed E-state index contributed by atoms with van der Waals surface area (Å²) in [6.45, 7) is 2.06. The van der Waals surface area contributed by atoms with E-state index in [0.29, 0.717) is 19.0 Å². The van der Waals surface area contributed by atoms with Gasteiger partial charge in [0.05, 0.1) is 6.54 Å². The van der Waals surface area contributed by atoms with Gasteiger partial charge in [-0.05, 0) is 35.2 Å². The number of carbonyl (C=O) groups is 1. The molecule has 0 aromatic heterocycles. The summed E-state index contributed by atoms with van der Waals surface area (Å²) in [5.74, 6) is 0.388. The van der Waals surface area contributed by atoms with Crippen LogP contribution in [-0.2, 0) is 24.3 Å². The second-order valence-electron chi connectivity index (χ2n) is 6.72. The smallest absolute Gasteiger partial charge is 0.242 e. The zero-order valence-corrected chi connectivity index (χ0v) is 15.8. The van der Waals surface area contributed by atoms with Gasteiger partial charge in [-0.1, -0.05) is 36.4 Å². The maximum Gasteiger partial charge on any atom is 0.242 e. The number of halogens is 1. The van der Waals surface area contributed by atoms with E-state index in [1.165, 1.54) is 23.3 Å². The molecule has 1 N–H and O–H groups in total. The molecule has 0 radical (unpaired) electrons. The zero-order valence-electron chi connectivity index (χ0n) is 15.8. The first kappa shape index (κ1) is 18.9. The monoisotopic (exact) mass is 368 g/mol. The van der Waals surface area contributed by atoms with E-state index >= 15 is 0 Å². The van der Waals surface area contributed by atoms with Crippen LogP contribution in [0.2, 0.25) is 0 Å². The summed E-state index contributed by atoms with van der Waals surface area (Å²) in [5.41, 5.74) is 3.38. The molecule has 1 aliphatic rings. The van der Waals surface area contributed by atoms with Crippen molar-refractivity contribution >= 4 is 11.9 Å². The van der Waals surface area contributed by atoms with Crippen molar-refractivity contribution in [3.8, 4) is 0 Å². The van der Waals surface area contributed by atoms with Crippen molar-refractivity contribution in [2.45, 2.75) is 19.5 Å². The van der Waals surface area contributed by atoms with Gasteiger partial charge in [0.1, 0.15) is 5.82 Å². The summed E-state index contributed by atoms with van der Waals surface area (Å²) in [5, 5.41) is 3.12. The van der Waals surface area contributed by atoms with Crippen LogP contribution in [0.25, 0.3) is 0 Å². The van der Waals surface area contributed by atoms with E-state index in [0.717, 1.165) is 18.5 Å². The maximum atomic E-state index is 13.4. The highest BCUT2D eigenvalue weighted by atomic mass is 19.1. The second-order valence-corrected chi connectivity index (χ2v) is 6.72. The molecule has 1 heterocycles. The van der Waals surface area contributed by atoms with E-state index in [2.05, 4.69) is 22.4 Å². The van der Waals surface area contributed by atoms with Gasteiger partial charge in [0, 0.05) is 33.7 Å². The van der Waals surface area contributed by atoms with Crippen molar-refractivity contribution in [2.75, 3.05) is 27.2 Å². The van der Waals surface area contributed by atoms with Crippen LogP contribution in [0.4, 0.5) is 4.39 Å². The summed E-state index contributed by atoms with van der Waals surface area (Å²) in [6, 6.07) is 14.7. The van der Waals surface area contributed by atoms with Crippen LogP contribution < -0.4 is 5.32 Å². The third kappa shape index (κ3) is 4.84. The summed E-state index contributed by atoms with van der Waals surface area (Å²) in [4.78, 5) is 20.6. The molecule has 0 bridgehead atoms. The Bertz CT molecular complexity index is 836. The molecule has 1 aliphatic heterocycles. The Morgan fingerprint density at radius 2 is 2.00 bits per heavy atom. The molecule has 0 saturated heterocycles. The summed E-state index contributed by atoms with van der Waals surface area (Å²) < 4.78 is 13.4. The third-order valence-electron chi connectivity index (χ3n) is 4.76. The van der Waals surface area contributed by atoms with Crippen molar-refractivity contribution in [3.63, 3.8) is 0 Å². The molecule has 0 aliphatic carbocycles. The number of benzene rings is 2. The molecule has 3 rings (SSSR count). The van der Waals surface area contributed by atoms with Gasteiger partial charge < -0.3 is 15.1 Å². The summed E-state index contributed by atoms with van der Waals surface area (Å²) in [7, 11) is 3.54. The number of guanidine groups is 1. The van der Waals surface area contributed by atoms with E-state index in [9.17, 15) is 9.18 Å².